The lowest BCUT2D eigenvalue weighted by Gasteiger charge is -2.05. The second kappa shape index (κ2) is 5.11. The van der Waals surface area contributed by atoms with Gasteiger partial charge in [-0.25, -0.2) is 4.98 Å². The van der Waals surface area contributed by atoms with Crippen molar-refractivity contribution in [3.63, 3.8) is 0 Å². The Labute approximate surface area is 98.3 Å². The molecule has 88 valence electrons. The highest BCUT2D eigenvalue weighted by molar-refractivity contribution is 5.98. The van der Waals surface area contributed by atoms with Crippen LogP contribution in [0.15, 0.2) is 30.9 Å². The average Bonchev–Trinajstić information content (AvgIpc) is 2.82. The SMILES string of the molecule is Nc1cnccc1C(=O)NCCc1ncc[nH]1. The number of nitrogen functional groups attached to an aromatic ring is 1. The lowest BCUT2D eigenvalue weighted by Crippen LogP contribution is -2.26. The van der Waals surface area contributed by atoms with Crippen molar-refractivity contribution in [2.45, 2.75) is 6.42 Å². The predicted octanol–water partition coefficient (Wildman–Crippen LogP) is 0.359. The number of carbonyl (C=O) groups is 1. The van der Waals surface area contributed by atoms with Crippen molar-refractivity contribution in [3.8, 4) is 0 Å². The summed E-state index contributed by atoms with van der Waals surface area (Å²) in [6, 6.07) is 1.59. The Hall–Kier alpha value is -2.37. The quantitative estimate of drug-likeness (QED) is 0.707. The summed E-state index contributed by atoms with van der Waals surface area (Å²) in [5.74, 6) is 0.643. The molecule has 0 aliphatic heterocycles. The van der Waals surface area contributed by atoms with Gasteiger partial charge in [-0.3, -0.25) is 9.78 Å². The van der Waals surface area contributed by atoms with Gasteiger partial charge in [0.15, 0.2) is 0 Å². The lowest BCUT2D eigenvalue weighted by molar-refractivity contribution is 0.0955. The van der Waals surface area contributed by atoms with Crippen LogP contribution in [0, 0.1) is 0 Å². The molecule has 0 aliphatic rings. The number of carbonyl (C=O) groups excluding carboxylic acids is 1. The number of aromatic amines is 1. The van der Waals surface area contributed by atoms with Crippen molar-refractivity contribution >= 4 is 11.6 Å². The number of anilines is 1. The van der Waals surface area contributed by atoms with E-state index in [1.807, 2.05) is 0 Å². The third-order valence-corrected chi connectivity index (χ3v) is 2.30. The molecule has 6 nitrogen and oxygen atoms in total. The van der Waals surface area contributed by atoms with Crippen molar-refractivity contribution in [1.29, 1.82) is 0 Å². The van der Waals surface area contributed by atoms with Gasteiger partial charge in [0.25, 0.3) is 5.91 Å². The minimum Gasteiger partial charge on any atom is -0.397 e. The Morgan fingerprint density at radius 2 is 2.35 bits per heavy atom. The van der Waals surface area contributed by atoms with Crippen molar-refractivity contribution in [2.75, 3.05) is 12.3 Å². The van der Waals surface area contributed by atoms with E-state index >= 15 is 0 Å². The molecule has 0 aliphatic carbocycles. The first-order chi connectivity index (χ1) is 8.27. The van der Waals surface area contributed by atoms with Gasteiger partial charge >= 0.3 is 0 Å². The summed E-state index contributed by atoms with van der Waals surface area (Å²) in [6.07, 6.45) is 7.08. The molecule has 2 aromatic rings. The van der Waals surface area contributed by atoms with Crippen LogP contribution >= 0.6 is 0 Å². The zero-order valence-corrected chi connectivity index (χ0v) is 9.18. The van der Waals surface area contributed by atoms with E-state index in [1.54, 1.807) is 18.5 Å². The third-order valence-electron chi connectivity index (χ3n) is 2.30. The monoisotopic (exact) mass is 231 g/mol. The minimum absolute atomic E-state index is 0.198. The Bertz CT molecular complexity index is 494. The normalized spacial score (nSPS) is 10.1. The van der Waals surface area contributed by atoms with Gasteiger partial charge in [-0.1, -0.05) is 0 Å². The molecule has 0 aromatic carbocycles. The summed E-state index contributed by atoms with van der Waals surface area (Å²) in [4.78, 5) is 22.6. The number of nitrogens with one attached hydrogen (secondary N) is 2. The highest BCUT2D eigenvalue weighted by atomic mass is 16.1. The number of imidazole rings is 1. The average molecular weight is 231 g/mol. The van der Waals surface area contributed by atoms with E-state index in [1.165, 1.54) is 12.4 Å². The number of aromatic nitrogens is 3. The maximum Gasteiger partial charge on any atom is 0.253 e. The summed E-state index contributed by atoms with van der Waals surface area (Å²) >= 11 is 0. The summed E-state index contributed by atoms with van der Waals surface area (Å²) in [6.45, 7) is 0.508. The van der Waals surface area contributed by atoms with Crippen LogP contribution < -0.4 is 11.1 Å². The Morgan fingerprint density at radius 1 is 1.47 bits per heavy atom. The van der Waals surface area contributed by atoms with Crippen LogP contribution in [0.25, 0.3) is 0 Å². The fraction of sp³-hybridized carbons (Fsp3) is 0.182. The van der Waals surface area contributed by atoms with Crippen LogP contribution in [-0.2, 0) is 6.42 Å². The van der Waals surface area contributed by atoms with E-state index < -0.39 is 0 Å². The first kappa shape index (κ1) is 11.1. The van der Waals surface area contributed by atoms with E-state index in [2.05, 4.69) is 20.3 Å². The third kappa shape index (κ3) is 2.81. The zero-order chi connectivity index (χ0) is 12.1. The van der Waals surface area contributed by atoms with E-state index in [9.17, 15) is 4.79 Å². The van der Waals surface area contributed by atoms with Crippen LogP contribution in [0.2, 0.25) is 0 Å². The van der Waals surface area contributed by atoms with Crippen molar-refractivity contribution in [2.24, 2.45) is 0 Å². The van der Waals surface area contributed by atoms with Crippen LogP contribution in [0.3, 0.4) is 0 Å². The number of amides is 1. The summed E-state index contributed by atoms with van der Waals surface area (Å²) in [5, 5.41) is 2.77. The molecule has 0 radical (unpaired) electrons. The number of rotatable bonds is 4. The molecule has 0 bridgehead atoms. The standard InChI is InChI=1S/C11H13N5O/c12-9-7-13-3-1-8(9)11(17)16-4-2-10-14-5-6-15-10/h1,3,5-7H,2,4,12H2,(H,14,15)(H,16,17). The number of nitrogens with two attached hydrogens (primary N) is 1. The van der Waals surface area contributed by atoms with Crippen molar-refractivity contribution in [3.05, 3.63) is 42.2 Å². The minimum atomic E-state index is -0.198. The van der Waals surface area contributed by atoms with Gasteiger partial charge < -0.3 is 16.0 Å². The molecular weight excluding hydrogens is 218 g/mol. The van der Waals surface area contributed by atoms with Gasteiger partial charge in [-0.15, -0.1) is 0 Å². The number of hydrogen-bond acceptors (Lipinski definition) is 4. The Morgan fingerprint density at radius 3 is 3.06 bits per heavy atom. The molecule has 0 atom stereocenters. The van der Waals surface area contributed by atoms with Crippen LogP contribution in [0.5, 0.6) is 0 Å². The van der Waals surface area contributed by atoms with Gasteiger partial charge in [-0.05, 0) is 6.07 Å². The fourth-order valence-electron chi connectivity index (χ4n) is 1.44. The lowest BCUT2D eigenvalue weighted by atomic mass is 10.2. The molecular formula is C11H13N5O. The molecule has 2 rings (SSSR count). The highest BCUT2D eigenvalue weighted by Gasteiger charge is 2.08. The molecule has 6 heteroatoms. The molecule has 4 N–H and O–H groups in total. The molecule has 2 heterocycles. The maximum absolute atomic E-state index is 11.7. The highest BCUT2D eigenvalue weighted by Crippen LogP contribution is 2.07. The summed E-state index contributed by atoms with van der Waals surface area (Å²) in [7, 11) is 0. The van der Waals surface area contributed by atoms with E-state index in [0.29, 0.717) is 24.2 Å². The molecule has 17 heavy (non-hydrogen) atoms. The molecule has 1 amide bonds. The molecule has 2 aromatic heterocycles. The van der Waals surface area contributed by atoms with Gasteiger partial charge in [0, 0.05) is 31.6 Å². The second-order valence-corrected chi connectivity index (χ2v) is 3.50. The van der Waals surface area contributed by atoms with Crippen LogP contribution in [0.1, 0.15) is 16.2 Å². The topological polar surface area (TPSA) is 96.7 Å². The smallest absolute Gasteiger partial charge is 0.253 e. The van der Waals surface area contributed by atoms with E-state index in [-0.39, 0.29) is 5.91 Å². The molecule has 0 unspecified atom stereocenters. The first-order valence-corrected chi connectivity index (χ1v) is 5.23. The van der Waals surface area contributed by atoms with E-state index in [4.69, 9.17) is 5.73 Å². The van der Waals surface area contributed by atoms with Crippen molar-refractivity contribution < 1.29 is 4.79 Å². The van der Waals surface area contributed by atoms with E-state index in [0.717, 1.165) is 5.82 Å². The first-order valence-electron chi connectivity index (χ1n) is 5.23. The predicted molar refractivity (Wildman–Crippen MR) is 63.3 cm³/mol. The van der Waals surface area contributed by atoms with Gasteiger partial charge in [0.05, 0.1) is 17.4 Å². The Kier molecular flexibility index (Phi) is 3.34. The van der Waals surface area contributed by atoms with Crippen LogP contribution in [-0.4, -0.2) is 27.4 Å². The zero-order valence-electron chi connectivity index (χ0n) is 9.18. The number of nitrogens with zero attached hydrogens (tertiary/aromatic N) is 2. The maximum atomic E-state index is 11.7. The largest absolute Gasteiger partial charge is 0.397 e. The molecule has 0 saturated carbocycles. The fourth-order valence-corrected chi connectivity index (χ4v) is 1.44. The molecule has 0 spiro atoms. The molecule has 0 saturated heterocycles. The van der Waals surface area contributed by atoms with Gasteiger partial charge in [0.2, 0.25) is 0 Å². The number of hydrogen-bond donors (Lipinski definition) is 3. The number of pyridine rings is 1. The number of H-pyrrole nitrogens is 1. The summed E-state index contributed by atoms with van der Waals surface area (Å²) in [5.41, 5.74) is 6.47. The second-order valence-electron chi connectivity index (χ2n) is 3.50. The van der Waals surface area contributed by atoms with Crippen molar-refractivity contribution in [1.82, 2.24) is 20.3 Å². The van der Waals surface area contributed by atoms with Crippen LogP contribution in [0.4, 0.5) is 5.69 Å². The molecule has 0 fully saturated rings. The Balaban J connectivity index is 1.88. The van der Waals surface area contributed by atoms with Gasteiger partial charge in [-0.2, -0.15) is 0 Å². The summed E-state index contributed by atoms with van der Waals surface area (Å²) < 4.78 is 0. The van der Waals surface area contributed by atoms with Gasteiger partial charge in [0.1, 0.15) is 5.82 Å².